The highest BCUT2D eigenvalue weighted by Crippen LogP contribution is 2.29. The van der Waals surface area contributed by atoms with Crippen LogP contribution in [0.5, 0.6) is 0 Å². The minimum Gasteiger partial charge on any atom is -0.340 e. The number of nitrogens with two attached hydrogens (primary N) is 1. The molecule has 6 nitrogen and oxygen atoms in total. The number of hydrogen-bond acceptors (Lipinski definition) is 4. The molecule has 1 amide bonds. The second-order valence-corrected chi connectivity index (χ2v) is 6.05. The number of hydrogen-bond donors (Lipinski definition) is 1. The van der Waals surface area contributed by atoms with Gasteiger partial charge < -0.3 is 10.6 Å². The summed E-state index contributed by atoms with van der Waals surface area (Å²) in [4.78, 5) is 14.1. The van der Waals surface area contributed by atoms with Gasteiger partial charge in [-0.15, -0.1) is 5.10 Å². The monoisotopic (exact) mass is 353 g/mol. The van der Waals surface area contributed by atoms with Gasteiger partial charge in [-0.2, -0.15) is 13.2 Å². The first-order chi connectivity index (χ1) is 11.9. The summed E-state index contributed by atoms with van der Waals surface area (Å²) in [5.41, 5.74) is 6.05. The summed E-state index contributed by atoms with van der Waals surface area (Å²) in [7, 11) is 0. The summed E-state index contributed by atoms with van der Waals surface area (Å²) >= 11 is 0. The largest absolute Gasteiger partial charge is 0.416 e. The fraction of sp³-hybridized carbons (Fsp3) is 0.438. The van der Waals surface area contributed by atoms with Crippen molar-refractivity contribution < 1.29 is 18.0 Å². The molecule has 1 aromatic carbocycles. The number of aromatic nitrogens is 3. The summed E-state index contributed by atoms with van der Waals surface area (Å²) in [6, 6.07) is 4.74. The van der Waals surface area contributed by atoms with Crippen LogP contribution in [0.1, 0.15) is 29.3 Å². The van der Waals surface area contributed by atoms with E-state index in [-0.39, 0.29) is 18.4 Å². The van der Waals surface area contributed by atoms with Crippen molar-refractivity contribution in [2.24, 2.45) is 5.73 Å². The van der Waals surface area contributed by atoms with Gasteiger partial charge in [0.1, 0.15) is 0 Å². The fourth-order valence-electron chi connectivity index (χ4n) is 2.87. The van der Waals surface area contributed by atoms with Crippen LogP contribution in [0.3, 0.4) is 0 Å². The predicted molar refractivity (Wildman–Crippen MR) is 83.3 cm³/mol. The zero-order chi connectivity index (χ0) is 18.0. The zero-order valence-corrected chi connectivity index (χ0v) is 13.4. The fourth-order valence-corrected chi connectivity index (χ4v) is 2.87. The summed E-state index contributed by atoms with van der Waals surface area (Å²) in [5, 5.41) is 7.96. The molecular weight excluding hydrogens is 335 g/mol. The number of benzene rings is 1. The maximum Gasteiger partial charge on any atom is 0.416 e. The van der Waals surface area contributed by atoms with Crippen LogP contribution in [0.2, 0.25) is 0 Å². The SMILES string of the molecule is NCc1cn(C2CCN(C(=O)Cc3ccc(C(F)(F)F)cc3)C2)nn1. The standard InChI is InChI=1S/C16H18F3N5O/c17-16(18,19)12-3-1-11(2-4-12)7-15(25)23-6-5-14(10-23)24-9-13(8-20)21-22-24/h1-4,9,14H,5-8,10,20H2. The molecule has 0 radical (unpaired) electrons. The van der Waals surface area contributed by atoms with E-state index in [4.69, 9.17) is 5.73 Å². The van der Waals surface area contributed by atoms with Crippen molar-refractivity contribution in [3.63, 3.8) is 0 Å². The van der Waals surface area contributed by atoms with Crippen LogP contribution in [0.15, 0.2) is 30.5 Å². The van der Waals surface area contributed by atoms with Gasteiger partial charge in [-0.1, -0.05) is 17.3 Å². The van der Waals surface area contributed by atoms with Gasteiger partial charge in [-0.25, -0.2) is 4.68 Å². The molecule has 0 aliphatic carbocycles. The number of alkyl halides is 3. The summed E-state index contributed by atoms with van der Waals surface area (Å²) in [6.07, 6.45) is -1.76. The van der Waals surface area contributed by atoms with E-state index >= 15 is 0 Å². The lowest BCUT2D eigenvalue weighted by atomic mass is 10.1. The van der Waals surface area contributed by atoms with E-state index in [2.05, 4.69) is 10.3 Å². The highest BCUT2D eigenvalue weighted by Gasteiger charge is 2.31. The van der Waals surface area contributed by atoms with Gasteiger partial charge in [0.15, 0.2) is 0 Å². The average molecular weight is 353 g/mol. The Morgan fingerprint density at radius 3 is 2.60 bits per heavy atom. The number of amides is 1. The quantitative estimate of drug-likeness (QED) is 0.909. The Bertz CT molecular complexity index is 741. The van der Waals surface area contributed by atoms with E-state index in [1.807, 2.05) is 0 Å². The Balaban J connectivity index is 1.59. The molecule has 1 saturated heterocycles. The Morgan fingerprint density at radius 1 is 1.28 bits per heavy atom. The normalized spacial score (nSPS) is 17.9. The predicted octanol–water partition coefficient (Wildman–Crippen LogP) is 1.77. The maximum atomic E-state index is 12.6. The third kappa shape index (κ3) is 3.98. The molecule has 9 heteroatoms. The molecule has 3 rings (SSSR count). The summed E-state index contributed by atoms with van der Waals surface area (Å²) in [5.74, 6) is -0.110. The van der Waals surface area contributed by atoms with E-state index in [9.17, 15) is 18.0 Å². The van der Waals surface area contributed by atoms with Gasteiger partial charge >= 0.3 is 6.18 Å². The van der Waals surface area contributed by atoms with Crippen LogP contribution >= 0.6 is 0 Å². The third-order valence-electron chi connectivity index (χ3n) is 4.29. The van der Waals surface area contributed by atoms with E-state index in [0.717, 1.165) is 18.6 Å². The minimum atomic E-state index is -4.37. The highest BCUT2D eigenvalue weighted by molar-refractivity contribution is 5.79. The van der Waals surface area contributed by atoms with Crippen LogP contribution in [-0.2, 0) is 23.9 Å². The molecule has 1 aromatic heterocycles. The van der Waals surface area contributed by atoms with E-state index in [1.165, 1.54) is 12.1 Å². The molecular formula is C16H18F3N5O. The van der Waals surface area contributed by atoms with Crippen LogP contribution in [0, 0.1) is 0 Å². The Hall–Kier alpha value is -2.42. The molecule has 0 bridgehead atoms. The number of nitrogens with zero attached hydrogens (tertiary/aromatic N) is 4. The van der Waals surface area contributed by atoms with Crippen LogP contribution in [0.25, 0.3) is 0 Å². The first kappa shape index (κ1) is 17.4. The molecule has 0 spiro atoms. The molecule has 1 fully saturated rings. The van der Waals surface area contributed by atoms with Gasteiger partial charge in [0.05, 0.1) is 29.9 Å². The van der Waals surface area contributed by atoms with E-state index in [1.54, 1.807) is 15.8 Å². The third-order valence-corrected chi connectivity index (χ3v) is 4.29. The van der Waals surface area contributed by atoms with E-state index < -0.39 is 11.7 Å². The van der Waals surface area contributed by atoms with Gasteiger partial charge in [0.25, 0.3) is 0 Å². The van der Waals surface area contributed by atoms with Gasteiger partial charge in [0.2, 0.25) is 5.91 Å². The summed E-state index contributed by atoms with van der Waals surface area (Å²) < 4.78 is 39.4. The van der Waals surface area contributed by atoms with Crippen molar-refractivity contribution in [1.29, 1.82) is 0 Å². The van der Waals surface area contributed by atoms with Crippen molar-refractivity contribution in [2.45, 2.75) is 31.6 Å². The topological polar surface area (TPSA) is 77.0 Å². The molecule has 25 heavy (non-hydrogen) atoms. The molecule has 2 N–H and O–H groups in total. The van der Waals surface area contributed by atoms with Crippen molar-refractivity contribution >= 4 is 5.91 Å². The smallest absolute Gasteiger partial charge is 0.340 e. The molecule has 1 aliphatic rings. The average Bonchev–Trinajstić information content (AvgIpc) is 3.23. The van der Waals surface area contributed by atoms with Crippen molar-refractivity contribution in [2.75, 3.05) is 13.1 Å². The number of likely N-dealkylation sites (tertiary alicyclic amines) is 1. The molecule has 2 aromatic rings. The molecule has 134 valence electrons. The maximum absolute atomic E-state index is 12.6. The number of carbonyl (C=O) groups excluding carboxylic acids is 1. The van der Waals surface area contributed by atoms with Crippen molar-refractivity contribution in [1.82, 2.24) is 19.9 Å². The molecule has 1 unspecified atom stereocenters. The molecule has 1 atom stereocenters. The molecule has 1 aliphatic heterocycles. The highest BCUT2D eigenvalue weighted by atomic mass is 19.4. The second kappa shape index (κ2) is 6.83. The van der Waals surface area contributed by atoms with Crippen molar-refractivity contribution in [3.05, 3.63) is 47.3 Å². The molecule has 0 saturated carbocycles. The second-order valence-electron chi connectivity index (χ2n) is 6.05. The van der Waals surface area contributed by atoms with Gasteiger partial charge in [0, 0.05) is 19.6 Å². The van der Waals surface area contributed by atoms with Crippen LogP contribution in [0.4, 0.5) is 13.2 Å². The van der Waals surface area contributed by atoms with E-state index in [0.29, 0.717) is 30.9 Å². The lowest BCUT2D eigenvalue weighted by Crippen LogP contribution is -2.30. The number of rotatable bonds is 4. The Kier molecular flexibility index (Phi) is 4.76. The number of carbonyl (C=O) groups is 1. The van der Waals surface area contributed by atoms with Crippen molar-refractivity contribution in [3.8, 4) is 0 Å². The minimum absolute atomic E-state index is 0.0457. The lowest BCUT2D eigenvalue weighted by molar-refractivity contribution is -0.137. The van der Waals surface area contributed by atoms with Gasteiger partial charge in [-0.05, 0) is 24.1 Å². The Labute approximate surface area is 142 Å². The zero-order valence-electron chi connectivity index (χ0n) is 13.4. The molecule has 2 heterocycles. The summed E-state index contributed by atoms with van der Waals surface area (Å²) in [6.45, 7) is 1.40. The first-order valence-electron chi connectivity index (χ1n) is 7.91. The first-order valence-corrected chi connectivity index (χ1v) is 7.91. The van der Waals surface area contributed by atoms with Gasteiger partial charge in [-0.3, -0.25) is 4.79 Å². The lowest BCUT2D eigenvalue weighted by Gasteiger charge is -2.17. The Morgan fingerprint density at radius 2 is 2.00 bits per heavy atom. The van der Waals surface area contributed by atoms with Crippen LogP contribution in [-0.4, -0.2) is 38.9 Å². The number of halogens is 3. The van der Waals surface area contributed by atoms with Crippen LogP contribution < -0.4 is 5.73 Å².